The van der Waals surface area contributed by atoms with Crippen LogP contribution in [0.25, 0.3) is 0 Å². The first kappa shape index (κ1) is 19.9. The molecule has 0 fully saturated rings. The van der Waals surface area contributed by atoms with E-state index in [0.29, 0.717) is 6.42 Å². The molecule has 0 saturated heterocycles. The molecule has 122 valence electrons. The van der Waals surface area contributed by atoms with Crippen LogP contribution in [0, 0.1) is 0 Å². The lowest BCUT2D eigenvalue weighted by molar-refractivity contribution is -0.149. The van der Waals surface area contributed by atoms with E-state index in [1.807, 2.05) is 0 Å². The van der Waals surface area contributed by atoms with Crippen LogP contribution in [-0.2, 0) is 9.59 Å². The molecule has 0 bridgehead atoms. The van der Waals surface area contributed by atoms with Crippen molar-refractivity contribution in [2.45, 2.75) is 90.4 Å². The van der Waals surface area contributed by atoms with E-state index in [1.165, 1.54) is 57.8 Å². The quantitative estimate of drug-likeness (QED) is 0.254. The van der Waals surface area contributed by atoms with Crippen LogP contribution in [0.2, 0.25) is 0 Å². The summed E-state index contributed by atoms with van der Waals surface area (Å²) >= 11 is 0. The topological polar surface area (TPSA) is 54.4 Å². The van der Waals surface area contributed by atoms with E-state index in [0.717, 1.165) is 12.8 Å². The highest BCUT2D eigenvalue weighted by atomic mass is 16.4. The molecule has 0 aliphatic heterocycles. The van der Waals surface area contributed by atoms with Crippen molar-refractivity contribution >= 4 is 11.8 Å². The summed E-state index contributed by atoms with van der Waals surface area (Å²) in [7, 11) is 0. The minimum atomic E-state index is -1.29. The number of hydrogen-bond donors (Lipinski definition) is 1. The van der Waals surface area contributed by atoms with Crippen LogP contribution in [0.3, 0.4) is 0 Å². The van der Waals surface area contributed by atoms with E-state index in [1.54, 1.807) is 0 Å². The third-order valence-electron chi connectivity index (χ3n) is 3.65. The summed E-state index contributed by atoms with van der Waals surface area (Å²) in [6, 6.07) is 0. The van der Waals surface area contributed by atoms with Gasteiger partial charge < -0.3 is 5.11 Å². The molecule has 0 saturated carbocycles. The average Bonchev–Trinajstić information content (AvgIpc) is 2.47. The lowest BCUT2D eigenvalue weighted by atomic mass is 10.1. The summed E-state index contributed by atoms with van der Waals surface area (Å²) in [4.78, 5) is 21.2. The van der Waals surface area contributed by atoms with Crippen LogP contribution in [0.1, 0.15) is 90.4 Å². The second-order valence-corrected chi connectivity index (χ2v) is 5.71. The Morgan fingerprint density at radius 2 is 1.24 bits per heavy atom. The molecule has 0 spiro atoms. The number of carbonyl (C=O) groups is 2. The normalized spacial score (nSPS) is 11.1. The highest BCUT2D eigenvalue weighted by molar-refractivity contribution is 6.32. The molecule has 1 N–H and O–H groups in total. The van der Waals surface area contributed by atoms with Crippen molar-refractivity contribution in [3.63, 3.8) is 0 Å². The van der Waals surface area contributed by atoms with Crippen molar-refractivity contribution in [2.24, 2.45) is 0 Å². The highest BCUT2D eigenvalue weighted by Crippen LogP contribution is 2.10. The lowest BCUT2D eigenvalue weighted by Gasteiger charge is -2.00. The summed E-state index contributed by atoms with van der Waals surface area (Å²) < 4.78 is 0. The maximum atomic E-state index is 10.9. The Hall–Kier alpha value is -1.12. The Bertz CT molecular complexity index is 295. The smallest absolute Gasteiger partial charge is 0.372 e. The molecule has 0 rings (SSSR count). The molecule has 0 atom stereocenters. The van der Waals surface area contributed by atoms with Crippen LogP contribution in [0.5, 0.6) is 0 Å². The summed E-state index contributed by atoms with van der Waals surface area (Å²) in [6.07, 6.45) is 19.0. The highest BCUT2D eigenvalue weighted by Gasteiger charge is 2.09. The van der Waals surface area contributed by atoms with Gasteiger partial charge in [-0.2, -0.15) is 0 Å². The number of Topliss-reactive ketones (excluding diaryl/α,β-unsaturated/α-hetero) is 1. The molecular formula is C18H32O3. The number of hydrogen-bond acceptors (Lipinski definition) is 2. The predicted molar refractivity (Wildman–Crippen MR) is 87.5 cm³/mol. The Labute approximate surface area is 129 Å². The molecule has 21 heavy (non-hydrogen) atoms. The predicted octanol–water partition coefficient (Wildman–Crippen LogP) is 5.29. The SMILES string of the molecule is CCCCCC=CCCCCCCCCCC(=O)C(=O)O. The summed E-state index contributed by atoms with van der Waals surface area (Å²) in [5.74, 6) is -1.95. The molecule has 3 nitrogen and oxygen atoms in total. The third-order valence-corrected chi connectivity index (χ3v) is 3.65. The third kappa shape index (κ3) is 15.1. The van der Waals surface area contributed by atoms with Crippen LogP contribution in [-0.4, -0.2) is 16.9 Å². The molecule has 0 aromatic carbocycles. The molecule has 0 unspecified atom stereocenters. The van der Waals surface area contributed by atoms with Crippen molar-refractivity contribution in [1.29, 1.82) is 0 Å². The molecule has 0 heterocycles. The van der Waals surface area contributed by atoms with Crippen molar-refractivity contribution in [3.05, 3.63) is 12.2 Å². The van der Waals surface area contributed by atoms with Gasteiger partial charge in [-0.3, -0.25) is 4.79 Å². The van der Waals surface area contributed by atoms with Crippen molar-refractivity contribution in [3.8, 4) is 0 Å². The standard InChI is InChI=1S/C18H32O3/c1-2-3-4-5-6-7-8-9-10-11-12-13-14-15-16-17(19)18(20)21/h6-7H,2-5,8-16H2,1H3,(H,20,21). The molecule has 0 amide bonds. The van der Waals surface area contributed by atoms with Crippen LogP contribution < -0.4 is 0 Å². The van der Waals surface area contributed by atoms with E-state index >= 15 is 0 Å². The van der Waals surface area contributed by atoms with Gasteiger partial charge in [-0.05, 0) is 32.1 Å². The van der Waals surface area contributed by atoms with E-state index < -0.39 is 11.8 Å². The molecule has 3 heteroatoms. The fraction of sp³-hybridized carbons (Fsp3) is 0.778. The second kappa shape index (κ2) is 15.3. The van der Waals surface area contributed by atoms with Crippen LogP contribution >= 0.6 is 0 Å². The number of aliphatic carboxylic acids is 1. The van der Waals surface area contributed by atoms with Crippen LogP contribution in [0.4, 0.5) is 0 Å². The molecule has 0 aliphatic carbocycles. The lowest BCUT2D eigenvalue weighted by Crippen LogP contribution is -2.11. The number of carboxylic acid groups (broad SMARTS) is 1. The number of allylic oxidation sites excluding steroid dienone is 2. The van der Waals surface area contributed by atoms with Gasteiger partial charge in [0.25, 0.3) is 0 Å². The van der Waals surface area contributed by atoms with E-state index in [2.05, 4.69) is 19.1 Å². The number of carbonyl (C=O) groups excluding carboxylic acids is 1. The van der Waals surface area contributed by atoms with Crippen molar-refractivity contribution in [2.75, 3.05) is 0 Å². The summed E-state index contributed by atoms with van der Waals surface area (Å²) in [6.45, 7) is 2.23. The Morgan fingerprint density at radius 3 is 1.76 bits per heavy atom. The Morgan fingerprint density at radius 1 is 0.762 bits per heavy atom. The average molecular weight is 296 g/mol. The molecule has 0 aromatic rings. The number of rotatable bonds is 15. The van der Waals surface area contributed by atoms with Gasteiger partial charge in [-0.25, -0.2) is 4.79 Å². The maximum Gasteiger partial charge on any atom is 0.372 e. The molecule has 0 aromatic heterocycles. The largest absolute Gasteiger partial charge is 0.476 e. The zero-order valence-corrected chi connectivity index (χ0v) is 13.6. The molecule has 0 aliphatic rings. The minimum Gasteiger partial charge on any atom is -0.476 e. The first-order valence-corrected chi connectivity index (χ1v) is 8.59. The zero-order valence-electron chi connectivity index (χ0n) is 13.6. The van der Waals surface area contributed by atoms with E-state index in [9.17, 15) is 9.59 Å². The van der Waals surface area contributed by atoms with Crippen LogP contribution in [0.15, 0.2) is 12.2 Å². The van der Waals surface area contributed by atoms with Gasteiger partial charge in [0.1, 0.15) is 0 Å². The number of carboxylic acids is 1. The maximum absolute atomic E-state index is 10.9. The summed E-state index contributed by atoms with van der Waals surface area (Å²) in [5.41, 5.74) is 0. The minimum absolute atomic E-state index is 0.193. The monoisotopic (exact) mass is 296 g/mol. The first-order valence-electron chi connectivity index (χ1n) is 8.59. The van der Waals surface area contributed by atoms with Gasteiger partial charge in [0, 0.05) is 6.42 Å². The van der Waals surface area contributed by atoms with E-state index in [-0.39, 0.29) is 6.42 Å². The first-order chi connectivity index (χ1) is 10.2. The molecular weight excluding hydrogens is 264 g/mol. The second-order valence-electron chi connectivity index (χ2n) is 5.71. The van der Waals surface area contributed by atoms with Gasteiger partial charge in [-0.15, -0.1) is 0 Å². The summed E-state index contributed by atoms with van der Waals surface area (Å²) in [5, 5.41) is 8.43. The fourth-order valence-electron chi connectivity index (χ4n) is 2.29. The van der Waals surface area contributed by atoms with Crippen molar-refractivity contribution < 1.29 is 14.7 Å². The van der Waals surface area contributed by atoms with Gasteiger partial charge in [-0.1, -0.05) is 64.0 Å². The number of ketones is 1. The number of unbranched alkanes of at least 4 members (excludes halogenated alkanes) is 10. The fourth-order valence-corrected chi connectivity index (χ4v) is 2.29. The van der Waals surface area contributed by atoms with Gasteiger partial charge in [0.15, 0.2) is 0 Å². The van der Waals surface area contributed by atoms with Gasteiger partial charge in [0.2, 0.25) is 5.78 Å². The van der Waals surface area contributed by atoms with Crippen molar-refractivity contribution in [1.82, 2.24) is 0 Å². The zero-order chi connectivity index (χ0) is 15.8. The van der Waals surface area contributed by atoms with E-state index in [4.69, 9.17) is 5.11 Å². The van der Waals surface area contributed by atoms with Gasteiger partial charge in [0.05, 0.1) is 0 Å². The Kier molecular flexibility index (Phi) is 14.5. The van der Waals surface area contributed by atoms with Gasteiger partial charge >= 0.3 is 5.97 Å². The Balaban J connectivity index is 3.15. The molecule has 0 radical (unpaired) electrons.